The summed E-state index contributed by atoms with van der Waals surface area (Å²) in [6.07, 6.45) is -3.69. The molecule has 0 atom stereocenters. The molecule has 0 saturated carbocycles. The first kappa shape index (κ1) is 17.1. The van der Waals surface area contributed by atoms with Crippen LogP contribution in [0.25, 0.3) is 0 Å². The molecule has 2 aromatic rings. The highest BCUT2D eigenvalue weighted by Gasteiger charge is 2.43. The number of benzene rings is 2. The zero-order valence-electron chi connectivity index (χ0n) is 11.8. The maximum absolute atomic E-state index is 13.0. The highest BCUT2D eigenvalue weighted by Crippen LogP contribution is 2.42. The largest absolute Gasteiger partial charge is 0.586 e. The highest BCUT2D eigenvalue weighted by molar-refractivity contribution is 8.00. The number of fused-ring (bicyclic) bond motifs is 1. The zero-order chi connectivity index (χ0) is 17.3. The average molecular weight is 392 g/mol. The second-order valence-corrected chi connectivity index (χ2v) is 6.60. The van der Waals surface area contributed by atoms with Crippen LogP contribution < -0.4 is 14.8 Å². The van der Waals surface area contributed by atoms with E-state index in [1.165, 1.54) is 30.0 Å². The van der Waals surface area contributed by atoms with Crippen molar-refractivity contribution in [2.24, 2.45) is 0 Å². The van der Waals surface area contributed by atoms with Crippen molar-refractivity contribution in [3.63, 3.8) is 0 Å². The van der Waals surface area contributed by atoms with Gasteiger partial charge in [-0.2, -0.15) is 0 Å². The third-order valence-corrected chi connectivity index (χ3v) is 4.67. The molecule has 0 radical (unpaired) electrons. The van der Waals surface area contributed by atoms with Gasteiger partial charge in [0.2, 0.25) is 5.91 Å². The molecular weight excluding hydrogens is 383 g/mol. The van der Waals surface area contributed by atoms with Crippen molar-refractivity contribution < 1.29 is 23.0 Å². The molecule has 1 heterocycles. The molecule has 0 fully saturated rings. The van der Waals surface area contributed by atoms with Crippen molar-refractivity contribution in [1.82, 2.24) is 0 Å². The molecule has 0 saturated heterocycles. The molecule has 0 aliphatic carbocycles. The summed E-state index contributed by atoms with van der Waals surface area (Å²) in [4.78, 5) is 12.7. The normalized spacial score (nSPS) is 14.5. The van der Waals surface area contributed by atoms with Gasteiger partial charge in [-0.3, -0.25) is 4.79 Å². The quantitative estimate of drug-likeness (QED) is 0.741. The molecule has 0 aromatic heterocycles. The second kappa shape index (κ2) is 6.66. The van der Waals surface area contributed by atoms with E-state index in [4.69, 9.17) is 23.2 Å². The number of halogens is 4. The number of amides is 1. The van der Waals surface area contributed by atoms with Gasteiger partial charge in [0.15, 0.2) is 11.5 Å². The smallest absolute Gasteiger partial charge is 0.395 e. The van der Waals surface area contributed by atoms with Crippen molar-refractivity contribution in [1.29, 1.82) is 0 Å². The Morgan fingerprint density at radius 1 is 1.12 bits per heavy atom. The van der Waals surface area contributed by atoms with Crippen LogP contribution in [0.15, 0.2) is 41.3 Å². The number of thioether (sulfide) groups is 1. The van der Waals surface area contributed by atoms with E-state index in [-0.39, 0.29) is 23.2 Å². The fraction of sp³-hybridized carbons (Fsp3) is 0.133. The number of rotatable bonds is 4. The van der Waals surface area contributed by atoms with Crippen molar-refractivity contribution in [3.8, 4) is 11.5 Å². The summed E-state index contributed by atoms with van der Waals surface area (Å²) in [7, 11) is 0. The predicted octanol–water partition coefficient (Wildman–Crippen LogP) is 5.05. The average Bonchev–Trinajstić information content (AvgIpc) is 2.81. The van der Waals surface area contributed by atoms with Gasteiger partial charge in [-0.05, 0) is 30.3 Å². The predicted molar refractivity (Wildman–Crippen MR) is 88.5 cm³/mol. The minimum atomic E-state index is -3.69. The molecular formula is C15H9Cl2F2NO3S. The summed E-state index contributed by atoms with van der Waals surface area (Å²) in [5.41, 5.74) is 0.317. The van der Waals surface area contributed by atoms with E-state index in [0.29, 0.717) is 20.6 Å². The van der Waals surface area contributed by atoms with Crippen LogP contribution in [0, 0.1) is 0 Å². The van der Waals surface area contributed by atoms with Gasteiger partial charge in [-0.1, -0.05) is 23.2 Å². The van der Waals surface area contributed by atoms with E-state index < -0.39 is 6.29 Å². The van der Waals surface area contributed by atoms with Crippen LogP contribution in [0.3, 0.4) is 0 Å². The van der Waals surface area contributed by atoms with Gasteiger partial charge in [0.25, 0.3) is 0 Å². The van der Waals surface area contributed by atoms with Crippen LogP contribution in [0.4, 0.5) is 14.5 Å². The Bertz CT molecular complexity index is 804. The topological polar surface area (TPSA) is 47.6 Å². The van der Waals surface area contributed by atoms with Gasteiger partial charge < -0.3 is 14.8 Å². The molecule has 1 N–H and O–H groups in total. The first-order chi connectivity index (χ1) is 11.3. The molecule has 3 rings (SSSR count). The summed E-state index contributed by atoms with van der Waals surface area (Å²) >= 11 is 13.1. The van der Waals surface area contributed by atoms with Crippen molar-refractivity contribution >= 4 is 46.6 Å². The van der Waals surface area contributed by atoms with E-state index in [9.17, 15) is 13.6 Å². The van der Waals surface area contributed by atoms with Gasteiger partial charge in [0.05, 0.1) is 10.8 Å². The summed E-state index contributed by atoms with van der Waals surface area (Å²) in [5.74, 6) is -0.479. The molecule has 24 heavy (non-hydrogen) atoms. The van der Waals surface area contributed by atoms with Gasteiger partial charge in [-0.25, -0.2) is 0 Å². The molecule has 4 nitrogen and oxygen atoms in total. The lowest BCUT2D eigenvalue weighted by molar-refractivity contribution is -0.286. The molecule has 0 bridgehead atoms. The van der Waals surface area contributed by atoms with Crippen molar-refractivity contribution in [2.45, 2.75) is 11.2 Å². The zero-order valence-corrected chi connectivity index (χ0v) is 14.1. The Hall–Kier alpha value is -1.70. The van der Waals surface area contributed by atoms with Crippen LogP contribution >= 0.6 is 35.0 Å². The number of hydrogen-bond donors (Lipinski definition) is 1. The van der Waals surface area contributed by atoms with Crippen molar-refractivity contribution in [2.75, 3.05) is 11.1 Å². The molecule has 2 aromatic carbocycles. The molecule has 0 unspecified atom stereocenters. The molecule has 9 heteroatoms. The molecule has 126 valence electrons. The van der Waals surface area contributed by atoms with E-state index in [1.807, 2.05) is 0 Å². The number of alkyl halides is 2. The number of ether oxygens (including phenoxy) is 2. The fourth-order valence-electron chi connectivity index (χ4n) is 1.95. The minimum absolute atomic E-state index is 0.0741. The SMILES string of the molecule is O=C(CSc1cc(Cl)ccc1Cl)Nc1ccc2c(c1)OC(F)(F)O2. The summed E-state index contributed by atoms with van der Waals surface area (Å²) in [6.45, 7) is 0. The number of carbonyl (C=O) groups excluding carboxylic acids is 1. The van der Waals surface area contributed by atoms with Gasteiger partial charge in [0.1, 0.15) is 0 Å². The molecule has 1 aliphatic heterocycles. The maximum atomic E-state index is 13.0. The first-order valence-corrected chi connectivity index (χ1v) is 8.34. The standard InChI is InChI=1S/C15H9Cl2F2NO3S/c16-8-1-3-10(17)13(5-8)24-7-14(21)20-9-2-4-11-12(6-9)23-15(18,19)22-11/h1-6H,7H2,(H,20,21). The molecule has 1 amide bonds. The van der Waals surface area contributed by atoms with Crippen LogP contribution in [-0.2, 0) is 4.79 Å². The highest BCUT2D eigenvalue weighted by atomic mass is 35.5. The number of hydrogen-bond acceptors (Lipinski definition) is 4. The Kier molecular flexibility index (Phi) is 4.76. The summed E-state index contributed by atoms with van der Waals surface area (Å²) in [5, 5.41) is 3.59. The van der Waals surface area contributed by atoms with E-state index in [2.05, 4.69) is 14.8 Å². The van der Waals surface area contributed by atoms with Crippen LogP contribution in [0.5, 0.6) is 11.5 Å². The van der Waals surface area contributed by atoms with Crippen LogP contribution in [0.2, 0.25) is 10.0 Å². The second-order valence-electron chi connectivity index (χ2n) is 4.74. The van der Waals surface area contributed by atoms with Gasteiger partial charge in [-0.15, -0.1) is 20.5 Å². The van der Waals surface area contributed by atoms with Crippen LogP contribution in [0.1, 0.15) is 0 Å². The van der Waals surface area contributed by atoms with Crippen molar-refractivity contribution in [3.05, 3.63) is 46.4 Å². The fourth-order valence-corrected chi connectivity index (χ4v) is 3.25. The Labute approximate surface area is 150 Å². The molecule has 0 spiro atoms. The lowest BCUT2D eigenvalue weighted by Gasteiger charge is -2.07. The first-order valence-electron chi connectivity index (χ1n) is 6.60. The summed E-state index contributed by atoms with van der Waals surface area (Å²) < 4.78 is 34.5. The van der Waals surface area contributed by atoms with E-state index in [0.717, 1.165) is 0 Å². The summed E-state index contributed by atoms with van der Waals surface area (Å²) in [6, 6.07) is 8.96. The Morgan fingerprint density at radius 3 is 2.67 bits per heavy atom. The van der Waals surface area contributed by atoms with Crippen LogP contribution in [-0.4, -0.2) is 18.0 Å². The van der Waals surface area contributed by atoms with E-state index >= 15 is 0 Å². The van der Waals surface area contributed by atoms with E-state index in [1.54, 1.807) is 18.2 Å². The Balaban J connectivity index is 1.61. The maximum Gasteiger partial charge on any atom is 0.586 e. The Morgan fingerprint density at radius 2 is 1.88 bits per heavy atom. The lowest BCUT2D eigenvalue weighted by atomic mass is 10.3. The lowest BCUT2D eigenvalue weighted by Crippen LogP contribution is -2.25. The van der Waals surface area contributed by atoms with Gasteiger partial charge in [0, 0.05) is 21.7 Å². The number of carbonyl (C=O) groups is 1. The third-order valence-electron chi connectivity index (χ3n) is 2.94. The monoisotopic (exact) mass is 391 g/mol. The van der Waals surface area contributed by atoms with Gasteiger partial charge >= 0.3 is 6.29 Å². The molecule has 1 aliphatic rings. The number of anilines is 1. The third kappa shape index (κ3) is 4.03. The number of nitrogens with one attached hydrogen (secondary N) is 1. The minimum Gasteiger partial charge on any atom is -0.395 e.